The molecule has 0 aromatic heterocycles. The number of hydrogen-bond donors (Lipinski definition) is 8. The van der Waals surface area contributed by atoms with Crippen LogP contribution < -0.4 is 36.6 Å². The number of carbonyl (C=O) groups excluding carboxylic acids is 8. The van der Waals surface area contributed by atoms with Crippen molar-refractivity contribution in [2.75, 3.05) is 32.8 Å². The highest BCUT2D eigenvalue weighted by atomic mass is 19.1. The summed E-state index contributed by atoms with van der Waals surface area (Å²) in [6.45, 7) is 1.11. The lowest BCUT2D eigenvalue weighted by Gasteiger charge is -2.43. The first kappa shape index (κ1) is 49.4. The molecule has 0 fully saturated rings. The molecule has 1 aliphatic heterocycles. The smallest absolute Gasteiger partial charge is 0.308 e. The number of nitrogens with one attached hydrogen (secondary N) is 6. The molecule has 2 unspecified atom stereocenters. The van der Waals surface area contributed by atoms with Crippen LogP contribution in [-0.2, 0) is 52.6 Å². The van der Waals surface area contributed by atoms with Crippen LogP contribution in [0.15, 0.2) is 48.5 Å². The summed E-state index contributed by atoms with van der Waals surface area (Å²) in [4.78, 5) is 116. The predicted octanol–water partition coefficient (Wildman–Crippen LogP) is -0.311. The van der Waals surface area contributed by atoms with E-state index in [2.05, 4.69) is 36.6 Å². The zero-order valence-corrected chi connectivity index (χ0v) is 34.0. The van der Waals surface area contributed by atoms with E-state index in [0.717, 1.165) is 38.0 Å². The van der Waals surface area contributed by atoms with Crippen LogP contribution in [0.25, 0.3) is 6.08 Å². The number of hydrogen-bond acceptors (Lipinski definition) is 14. The van der Waals surface area contributed by atoms with E-state index in [0.29, 0.717) is 12.1 Å². The van der Waals surface area contributed by atoms with E-state index in [4.69, 9.17) is 9.47 Å². The summed E-state index contributed by atoms with van der Waals surface area (Å²) in [7, 11) is 1.98. The molecule has 2 aromatic carbocycles. The summed E-state index contributed by atoms with van der Waals surface area (Å²) in [5.74, 6) is -14.0. The highest BCUT2D eigenvalue weighted by Crippen LogP contribution is 2.35. The van der Waals surface area contributed by atoms with Crippen molar-refractivity contribution in [3.63, 3.8) is 0 Å². The van der Waals surface area contributed by atoms with Gasteiger partial charge in [-0.05, 0) is 42.2 Å². The molecule has 22 heteroatoms. The first-order valence-corrected chi connectivity index (χ1v) is 18.9. The summed E-state index contributed by atoms with van der Waals surface area (Å²) in [6.07, 6.45) is 0.611. The SMILES string of the molecule is COC(=O)CC(NC(=O)[C@H](CO)NC(=O)[C@H](CCC(=O)O)NC(=O)[C@H](CC(=O)OC)NC(=O)C(C(C)C)[C@@]1(NC=O)C=Cc2ccccc2N1)C(=O)COc1c(F)cccc1F. The van der Waals surface area contributed by atoms with Crippen LogP contribution in [0.5, 0.6) is 5.75 Å². The zero-order valence-electron chi connectivity index (χ0n) is 34.0. The number of ketones is 1. The van der Waals surface area contributed by atoms with Crippen LogP contribution in [0.2, 0.25) is 0 Å². The second-order valence-electron chi connectivity index (χ2n) is 14.1. The van der Waals surface area contributed by atoms with Crippen molar-refractivity contribution >= 4 is 65.5 Å². The number of aliphatic hydroxyl groups excluding tert-OH is 1. The Bertz CT molecular complexity index is 2010. The minimum Gasteiger partial charge on any atom is -0.481 e. The minimum absolute atomic E-state index is 0.375. The average Bonchev–Trinajstić information content (AvgIpc) is 3.22. The van der Waals surface area contributed by atoms with E-state index in [-0.39, 0.29) is 0 Å². The number of rotatable bonds is 24. The molecule has 6 atom stereocenters. The third kappa shape index (κ3) is 13.5. The number of benzene rings is 2. The van der Waals surface area contributed by atoms with Crippen molar-refractivity contribution in [3.8, 4) is 5.75 Å². The lowest BCUT2D eigenvalue weighted by molar-refractivity contribution is -0.145. The number of carboxylic acids is 1. The van der Waals surface area contributed by atoms with Gasteiger partial charge in [-0.25, -0.2) is 8.78 Å². The van der Waals surface area contributed by atoms with Gasteiger partial charge in [-0.15, -0.1) is 0 Å². The quantitative estimate of drug-likeness (QED) is 0.0496. The Balaban J connectivity index is 1.85. The molecule has 0 aliphatic carbocycles. The van der Waals surface area contributed by atoms with Crippen LogP contribution in [0, 0.1) is 23.5 Å². The Morgan fingerprint density at radius 3 is 1.90 bits per heavy atom. The van der Waals surface area contributed by atoms with Gasteiger partial charge in [0, 0.05) is 12.1 Å². The van der Waals surface area contributed by atoms with Gasteiger partial charge in [-0.3, -0.25) is 43.2 Å². The van der Waals surface area contributed by atoms with Crippen molar-refractivity contribution in [2.45, 2.75) is 69.4 Å². The molecular weight excluding hydrogens is 826 g/mol. The molecule has 336 valence electrons. The number of para-hydroxylation sites is 2. The number of carboxylic acid groups (broad SMARTS) is 1. The Kier molecular flexibility index (Phi) is 18.4. The minimum atomic E-state index is -1.93. The van der Waals surface area contributed by atoms with Gasteiger partial charge in [0.25, 0.3) is 0 Å². The topological polar surface area (TPSA) is 294 Å². The summed E-state index contributed by atoms with van der Waals surface area (Å²) < 4.78 is 42.4. The molecule has 0 saturated carbocycles. The molecule has 2 aromatic rings. The summed E-state index contributed by atoms with van der Waals surface area (Å²) >= 11 is 0. The summed E-state index contributed by atoms with van der Waals surface area (Å²) in [5.41, 5.74) is -0.243. The maximum Gasteiger partial charge on any atom is 0.308 e. The summed E-state index contributed by atoms with van der Waals surface area (Å²) in [6, 6.07) is 2.46. The van der Waals surface area contributed by atoms with Gasteiger partial charge in [-0.2, -0.15) is 0 Å². The summed E-state index contributed by atoms with van der Waals surface area (Å²) in [5, 5.41) is 34.2. The number of halogens is 2. The highest BCUT2D eigenvalue weighted by Gasteiger charge is 2.46. The number of anilines is 1. The van der Waals surface area contributed by atoms with E-state index in [1.807, 2.05) is 0 Å². The number of carbonyl (C=O) groups is 9. The lowest BCUT2D eigenvalue weighted by Crippen LogP contribution is -2.64. The van der Waals surface area contributed by atoms with Crippen molar-refractivity contribution in [2.24, 2.45) is 11.8 Å². The first-order chi connectivity index (χ1) is 29.4. The number of aliphatic carboxylic acids is 1. The average molecular weight is 875 g/mol. The van der Waals surface area contributed by atoms with E-state index in [9.17, 15) is 62.1 Å². The van der Waals surface area contributed by atoms with E-state index in [1.54, 1.807) is 50.3 Å². The van der Waals surface area contributed by atoms with Crippen molar-refractivity contribution in [1.29, 1.82) is 0 Å². The highest BCUT2D eigenvalue weighted by molar-refractivity contribution is 5.98. The maximum atomic E-state index is 14.1. The molecule has 0 spiro atoms. The third-order valence-corrected chi connectivity index (χ3v) is 9.47. The number of fused-ring (bicyclic) bond motifs is 1. The number of aliphatic hydroxyl groups is 1. The fourth-order valence-corrected chi connectivity index (χ4v) is 6.36. The van der Waals surface area contributed by atoms with Gasteiger partial charge in [0.15, 0.2) is 23.2 Å². The number of Topliss-reactive ketones (excluding diaryl/α,β-unsaturated/α-hetero) is 1. The predicted molar refractivity (Wildman–Crippen MR) is 211 cm³/mol. The Hall–Kier alpha value is -6.97. The number of esters is 2. The molecule has 5 amide bonds. The fourth-order valence-electron chi connectivity index (χ4n) is 6.36. The maximum absolute atomic E-state index is 14.1. The van der Waals surface area contributed by atoms with Crippen molar-refractivity contribution < 1.29 is 76.4 Å². The molecule has 20 nitrogen and oxygen atoms in total. The number of ether oxygens (including phenoxy) is 3. The molecule has 0 bridgehead atoms. The van der Waals surface area contributed by atoms with Gasteiger partial charge in [0.1, 0.15) is 36.4 Å². The first-order valence-electron chi connectivity index (χ1n) is 18.9. The number of amides is 5. The van der Waals surface area contributed by atoms with E-state index < -0.39 is 145 Å². The van der Waals surface area contributed by atoms with Gasteiger partial charge < -0.3 is 56.3 Å². The lowest BCUT2D eigenvalue weighted by atomic mass is 9.79. The van der Waals surface area contributed by atoms with Crippen LogP contribution in [-0.4, -0.2) is 121 Å². The second-order valence-corrected chi connectivity index (χ2v) is 14.1. The van der Waals surface area contributed by atoms with E-state index >= 15 is 0 Å². The van der Waals surface area contributed by atoms with Crippen LogP contribution >= 0.6 is 0 Å². The molecule has 8 N–H and O–H groups in total. The molecule has 3 rings (SSSR count). The third-order valence-electron chi connectivity index (χ3n) is 9.47. The monoisotopic (exact) mass is 874 g/mol. The van der Waals surface area contributed by atoms with Gasteiger partial charge in [0.05, 0.1) is 39.6 Å². The van der Waals surface area contributed by atoms with Crippen LogP contribution in [0.1, 0.15) is 45.1 Å². The zero-order chi connectivity index (χ0) is 46.1. The standard InChI is InChI=1S/C40H48F2N6O14/c1-21(2)34(40(43-20-50)15-14-22-8-5-6-11-25(22)48-40)39(59)46-28(17-33(55)61-4)37(57)44-26(12-13-31(52)53)36(56)47-29(18-49)38(58)45-27(16-32(54)60-3)30(51)19-62-35-23(41)9-7-10-24(35)42/h5-11,14-15,20-21,26-29,34,48-49H,12-13,16-19H2,1-4H3,(H,43,50)(H,44,57)(H,45,58)(H,46,59)(H,47,56)(H,52,53)/t26-,27?,28-,29-,34?,40+/m0/s1. The Morgan fingerprint density at radius 1 is 0.774 bits per heavy atom. The molecule has 62 heavy (non-hydrogen) atoms. The molecule has 1 aliphatic rings. The molecule has 1 heterocycles. The second kappa shape index (κ2) is 23.1. The van der Waals surface area contributed by atoms with Gasteiger partial charge >= 0.3 is 17.9 Å². The van der Waals surface area contributed by atoms with Crippen molar-refractivity contribution in [1.82, 2.24) is 26.6 Å². The molecule has 0 radical (unpaired) electrons. The van der Waals surface area contributed by atoms with E-state index in [1.165, 1.54) is 0 Å². The van der Waals surface area contributed by atoms with Gasteiger partial charge in [-0.1, -0.05) is 44.2 Å². The fraction of sp³-hybridized carbons (Fsp3) is 0.425. The number of methoxy groups -OCH3 is 2. The molecule has 0 saturated heterocycles. The van der Waals surface area contributed by atoms with Crippen molar-refractivity contribution in [3.05, 3.63) is 65.7 Å². The Labute approximate surface area is 353 Å². The normalized spacial score (nSPS) is 16.3. The Morgan fingerprint density at radius 2 is 1.32 bits per heavy atom. The van der Waals surface area contributed by atoms with Gasteiger partial charge in [0.2, 0.25) is 30.0 Å². The van der Waals surface area contributed by atoms with Crippen LogP contribution in [0.3, 0.4) is 0 Å². The van der Waals surface area contributed by atoms with Crippen LogP contribution in [0.4, 0.5) is 14.5 Å². The molecular formula is C40H48F2N6O14. The largest absolute Gasteiger partial charge is 0.481 e.